The topological polar surface area (TPSA) is 37.4 Å². The van der Waals surface area contributed by atoms with Crippen LogP contribution in [-0.2, 0) is 15.4 Å². The maximum absolute atomic E-state index is 12.6. The first-order valence-electron chi connectivity index (χ1n) is 7.32. The first-order valence-corrected chi connectivity index (χ1v) is 8.76. The summed E-state index contributed by atoms with van der Waals surface area (Å²) in [6, 6.07) is 7.35. The van der Waals surface area contributed by atoms with E-state index in [0.717, 1.165) is 18.4 Å². The predicted molar refractivity (Wildman–Crippen MR) is 82.3 cm³/mol. The number of sulfonamides is 1. The Kier molecular flexibility index (Phi) is 4.26. The smallest absolute Gasteiger partial charge is 0.207 e. The lowest BCUT2D eigenvalue weighted by molar-refractivity contribution is 0.281. The lowest BCUT2D eigenvalue weighted by atomic mass is 9.87. The Morgan fingerprint density at radius 3 is 2.25 bits per heavy atom. The highest BCUT2D eigenvalue weighted by atomic mass is 32.2. The molecule has 0 amide bonds. The Bertz CT molecular complexity index is 555. The molecule has 1 heterocycles. The molecule has 1 unspecified atom stereocenters. The van der Waals surface area contributed by atoms with E-state index in [2.05, 4.69) is 27.7 Å². The third kappa shape index (κ3) is 3.23. The monoisotopic (exact) mass is 295 g/mol. The van der Waals surface area contributed by atoms with E-state index in [1.807, 2.05) is 12.1 Å². The Hall–Kier alpha value is -0.870. The number of nitrogens with zero attached hydrogens (tertiary/aromatic N) is 1. The molecule has 20 heavy (non-hydrogen) atoms. The Morgan fingerprint density at radius 2 is 1.75 bits per heavy atom. The van der Waals surface area contributed by atoms with Crippen LogP contribution in [0.15, 0.2) is 29.2 Å². The fraction of sp³-hybridized carbons (Fsp3) is 0.625. The van der Waals surface area contributed by atoms with Gasteiger partial charge in [0.1, 0.15) is 0 Å². The van der Waals surface area contributed by atoms with Crippen molar-refractivity contribution in [3.8, 4) is 0 Å². The molecule has 1 atom stereocenters. The van der Waals surface area contributed by atoms with Crippen molar-refractivity contribution in [2.24, 2.45) is 5.92 Å². The first kappa shape index (κ1) is 15.5. The van der Waals surface area contributed by atoms with Crippen LogP contribution in [0.1, 0.15) is 46.1 Å². The van der Waals surface area contributed by atoms with Crippen molar-refractivity contribution in [3.05, 3.63) is 29.8 Å². The molecule has 112 valence electrons. The summed E-state index contributed by atoms with van der Waals surface area (Å²) >= 11 is 0. The first-order chi connectivity index (χ1) is 9.21. The van der Waals surface area contributed by atoms with Gasteiger partial charge in [-0.3, -0.25) is 0 Å². The van der Waals surface area contributed by atoms with Crippen LogP contribution >= 0.6 is 0 Å². The van der Waals surface area contributed by atoms with E-state index in [1.54, 1.807) is 16.4 Å². The largest absolute Gasteiger partial charge is 0.243 e. The second-order valence-corrected chi connectivity index (χ2v) is 8.82. The lowest BCUT2D eigenvalue weighted by Crippen LogP contribution is -2.39. The van der Waals surface area contributed by atoms with Gasteiger partial charge in [-0.1, -0.05) is 39.8 Å². The number of piperidine rings is 1. The fourth-order valence-electron chi connectivity index (χ4n) is 2.64. The van der Waals surface area contributed by atoms with Crippen LogP contribution in [0.3, 0.4) is 0 Å². The van der Waals surface area contributed by atoms with Crippen molar-refractivity contribution in [2.45, 2.75) is 50.8 Å². The summed E-state index contributed by atoms with van der Waals surface area (Å²) in [6.07, 6.45) is 2.08. The molecule has 1 aliphatic heterocycles. The van der Waals surface area contributed by atoms with Crippen LogP contribution in [-0.4, -0.2) is 25.8 Å². The van der Waals surface area contributed by atoms with Crippen LogP contribution in [0.4, 0.5) is 0 Å². The van der Waals surface area contributed by atoms with Crippen molar-refractivity contribution in [2.75, 3.05) is 13.1 Å². The fourth-order valence-corrected chi connectivity index (χ4v) is 4.24. The Labute approximate surface area is 123 Å². The van der Waals surface area contributed by atoms with Crippen molar-refractivity contribution in [1.82, 2.24) is 4.31 Å². The molecule has 2 rings (SSSR count). The van der Waals surface area contributed by atoms with E-state index in [9.17, 15) is 8.42 Å². The maximum atomic E-state index is 12.6. The molecule has 1 aliphatic rings. The third-order valence-corrected chi connectivity index (χ3v) is 5.86. The summed E-state index contributed by atoms with van der Waals surface area (Å²) in [5.74, 6) is 0.451. The highest BCUT2D eigenvalue weighted by molar-refractivity contribution is 7.89. The van der Waals surface area contributed by atoms with E-state index in [-0.39, 0.29) is 5.41 Å². The zero-order valence-electron chi connectivity index (χ0n) is 12.9. The minimum absolute atomic E-state index is 0.0436. The Balaban J connectivity index is 2.26. The average Bonchev–Trinajstić information content (AvgIpc) is 2.38. The molecule has 0 bridgehead atoms. The van der Waals surface area contributed by atoms with Gasteiger partial charge in [0.25, 0.3) is 0 Å². The lowest BCUT2D eigenvalue weighted by Gasteiger charge is -2.30. The van der Waals surface area contributed by atoms with Crippen LogP contribution < -0.4 is 0 Å². The molecule has 4 heteroatoms. The van der Waals surface area contributed by atoms with Gasteiger partial charge in [0.05, 0.1) is 4.90 Å². The number of hydrogen-bond donors (Lipinski definition) is 0. The molecular weight excluding hydrogens is 270 g/mol. The third-order valence-electron chi connectivity index (χ3n) is 3.98. The minimum atomic E-state index is -3.32. The van der Waals surface area contributed by atoms with Crippen LogP contribution in [0.25, 0.3) is 0 Å². The highest BCUT2D eigenvalue weighted by Crippen LogP contribution is 2.26. The van der Waals surface area contributed by atoms with Crippen molar-refractivity contribution >= 4 is 10.0 Å². The van der Waals surface area contributed by atoms with Crippen molar-refractivity contribution < 1.29 is 8.42 Å². The normalized spacial score (nSPS) is 21.9. The minimum Gasteiger partial charge on any atom is -0.207 e. The average molecular weight is 295 g/mol. The summed E-state index contributed by atoms with van der Waals surface area (Å²) in [6.45, 7) is 9.79. The maximum Gasteiger partial charge on any atom is 0.243 e. The molecule has 0 radical (unpaired) electrons. The predicted octanol–water partition coefficient (Wildman–Crippen LogP) is 3.40. The molecule has 0 aliphatic carbocycles. The molecule has 3 nitrogen and oxygen atoms in total. The van der Waals surface area contributed by atoms with Crippen LogP contribution in [0.5, 0.6) is 0 Å². The standard InChI is InChI=1S/C16H25NO2S/c1-13-6-5-11-17(12-13)20(18,19)15-9-7-14(8-10-15)16(2,3)4/h7-10,13H,5-6,11-12H2,1-4H3. The quantitative estimate of drug-likeness (QED) is 0.838. The second-order valence-electron chi connectivity index (χ2n) is 6.88. The molecule has 1 saturated heterocycles. The van der Waals surface area contributed by atoms with Gasteiger partial charge in [0.2, 0.25) is 10.0 Å². The zero-order valence-corrected chi connectivity index (χ0v) is 13.7. The molecule has 0 spiro atoms. The summed E-state index contributed by atoms with van der Waals surface area (Å²) in [7, 11) is -3.32. The van der Waals surface area contributed by atoms with Crippen molar-refractivity contribution in [3.63, 3.8) is 0 Å². The van der Waals surface area contributed by atoms with Gasteiger partial charge < -0.3 is 0 Å². The summed E-state index contributed by atoms with van der Waals surface area (Å²) in [5.41, 5.74) is 1.20. The molecule has 1 fully saturated rings. The molecule has 0 saturated carbocycles. The van der Waals surface area contributed by atoms with E-state index in [1.165, 1.54) is 0 Å². The summed E-state index contributed by atoms with van der Waals surface area (Å²) in [5, 5.41) is 0. The molecule has 0 N–H and O–H groups in total. The van der Waals surface area contributed by atoms with Gasteiger partial charge in [-0.25, -0.2) is 8.42 Å². The molecule has 0 aromatic heterocycles. The molecule has 1 aromatic carbocycles. The van der Waals surface area contributed by atoms with E-state index in [0.29, 0.717) is 23.9 Å². The van der Waals surface area contributed by atoms with E-state index in [4.69, 9.17) is 0 Å². The van der Waals surface area contributed by atoms with Gasteiger partial charge in [0.15, 0.2) is 0 Å². The zero-order chi connectivity index (χ0) is 15.0. The number of rotatable bonds is 2. The van der Waals surface area contributed by atoms with Gasteiger partial charge in [0, 0.05) is 13.1 Å². The van der Waals surface area contributed by atoms with Gasteiger partial charge in [-0.15, -0.1) is 0 Å². The SMILES string of the molecule is CC1CCCN(S(=O)(=O)c2ccc(C(C)(C)C)cc2)C1. The molecular formula is C16H25NO2S. The summed E-state index contributed by atoms with van der Waals surface area (Å²) in [4.78, 5) is 0.416. The van der Waals surface area contributed by atoms with Gasteiger partial charge >= 0.3 is 0 Å². The number of hydrogen-bond acceptors (Lipinski definition) is 2. The second kappa shape index (κ2) is 5.49. The van der Waals surface area contributed by atoms with Gasteiger partial charge in [-0.2, -0.15) is 4.31 Å². The molecule has 1 aromatic rings. The summed E-state index contributed by atoms with van der Waals surface area (Å²) < 4.78 is 26.9. The van der Waals surface area contributed by atoms with E-state index < -0.39 is 10.0 Å². The number of benzene rings is 1. The van der Waals surface area contributed by atoms with Crippen LogP contribution in [0, 0.1) is 5.92 Å². The van der Waals surface area contributed by atoms with Gasteiger partial charge in [-0.05, 0) is 41.9 Å². The van der Waals surface area contributed by atoms with Crippen molar-refractivity contribution in [1.29, 1.82) is 0 Å². The van der Waals surface area contributed by atoms with E-state index >= 15 is 0 Å². The van der Waals surface area contributed by atoms with Crippen LogP contribution in [0.2, 0.25) is 0 Å². The highest BCUT2D eigenvalue weighted by Gasteiger charge is 2.28. The Morgan fingerprint density at radius 1 is 1.15 bits per heavy atom.